The number of alkyl halides is 1. The SMILES string of the molecule is CC(Cl)c1cnc2occc2c1. The van der Waals surface area contributed by atoms with E-state index in [0.717, 1.165) is 10.9 Å². The van der Waals surface area contributed by atoms with Crippen molar-refractivity contribution in [3.63, 3.8) is 0 Å². The summed E-state index contributed by atoms with van der Waals surface area (Å²) in [5.41, 5.74) is 1.68. The molecule has 2 aromatic heterocycles. The van der Waals surface area contributed by atoms with Gasteiger partial charge in [-0.05, 0) is 24.6 Å². The third-order valence-corrected chi connectivity index (χ3v) is 2.04. The quantitative estimate of drug-likeness (QED) is 0.632. The zero-order chi connectivity index (χ0) is 8.55. The molecule has 62 valence electrons. The minimum absolute atomic E-state index is 0.00296. The number of pyridine rings is 1. The molecule has 3 heteroatoms. The largest absolute Gasteiger partial charge is 0.446 e. The van der Waals surface area contributed by atoms with Gasteiger partial charge in [-0.25, -0.2) is 4.98 Å². The van der Waals surface area contributed by atoms with Crippen LogP contribution >= 0.6 is 11.6 Å². The molecule has 2 rings (SSSR count). The maximum absolute atomic E-state index is 5.90. The number of aromatic nitrogens is 1. The van der Waals surface area contributed by atoms with Gasteiger partial charge in [-0.2, -0.15) is 0 Å². The first-order valence-electron chi connectivity index (χ1n) is 3.74. The molecule has 2 nitrogen and oxygen atoms in total. The van der Waals surface area contributed by atoms with Crippen molar-refractivity contribution >= 4 is 22.7 Å². The molecule has 2 heterocycles. The van der Waals surface area contributed by atoms with Gasteiger partial charge in [-0.15, -0.1) is 11.6 Å². The summed E-state index contributed by atoms with van der Waals surface area (Å²) in [5.74, 6) is 0. The minimum Gasteiger partial charge on any atom is -0.446 e. The van der Waals surface area contributed by atoms with Crippen LogP contribution in [0.5, 0.6) is 0 Å². The fourth-order valence-corrected chi connectivity index (χ4v) is 1.21. The van der Waals surface area contributed by atoms with Gasteiger partial charge in [0, 0.05) is 11.6 Å². The van der Waals surface area contributed by atoms with Gasteiger partial charge < -0.3 is 4.42 Å². The first-order valence-corrected chi connectivity index (χ1v) is 4.18. The summed E-state index contributed by atoms with van der Waals surface area (Å²) in [6.45, 7) is 1.92. The number of halogens is 1. The van der Waals surface area contributed by atoms with E-state index in [-0.39, 0.29) is 5.38 Å². The molecule has 0 aromatic carbocycles. The fourth-order valence-electron chi connectivity index (χ4n) is 1.09. The molecule has 0 bridgehead atoms. The highest BCUT2D eigenvalue weighted by atomic mass is 35.5. The molecule has 0 saturated heterocycles. The van der Waals surface area contributed by atoms with Gasteiger partial charge in [0.25, 0.3) is 0 Å². The molecule has 0 N–H and O–H groups in total. The summed E-state index contributed by atoms with van der Waals surface area (Å²) in [6, 6.07) is 3.87. The van der Waals surface area contributed by atoms with E-state index in [2.05, 4.69) is 4.98 Å². The Labute approximate surface area is 75.2 Å². The fraction of sp³-hybridized carbons (Fsp3) is 0.222. The molecule has 0 aliphatic rings. The van der Waals surface area contributed by atoms with Crippen molar-refractivity contribution < 1.29 is 4.42 Å². The van der Waals surface area contributed by atoms with Crippen molar-refractivity contribution in [3.05, 3.63) is 30.2 Å². The second-order valence-electron chi connectivity index (χ2n) is 2.70. The van der Waals surface area contributed by atoms with Gasteiger partial charge >= 0.3 is 0 Å². The molecule has 1 unspecified atom stereocenters. The van der Waals surface area contributed by atoms with Gasteiger partial charge in [0.2, 0.25) is 5.71 Å². The summed E-state index contributed by atoms with van der Waals surface area (Å²) >= 11 is 5.90. The Bertz CT molecular complexity index is 394. The lowest BCUT2D eigenvalue weighted by Gasteiger charge is -2.00. The molecule has 0 amide bonds. The lowest BCUT2D eigenvalue weighted by Crippen LogP contribution is -1.84. The van der Waals surface area contributed by atoms with Gasteiger partial charge in [0.15, 0.2) is 0 Å². The molecule has 12 heavy (non-hydrogen) atoms. The van der Waals surface area contributed by atoms with E-state index in [4.69, 9.17) is 16.0 Å². The zero-order valence-electron chi connectivity index (χ0n) is 6.62. The molecule has 0 spiro atoms. The number of hydrogen-bond donors (Lipinski definition) is 0. The van der Waals surface area contributed by atoms with Crippen LogP contribution in [0.4, 0.5) is 0 Å². The Balaban J connectivity index is 2.60. The Morgan fingerprint density at radius 2 is 2.42 bits per heavy atom. The normalized spacial score (nSPS) is 13.5. The van der Waals surface area contributed by atoms with Crippen molar-refractivity contribution in [1.82, 2.24) is 4.98 Å². The molecule has 0 aliphatic carbocycles. The standard InChI is InChI=1S/C9H8ClNO/c1-6(10)8-4-7-2-3-12-9(7)11-5-8/h2-6H,1H3. The van der Waals surface area contributed by atoms with E-state index in [9.17, 15) is 0 Å². The molecule has 2 aromatic rings. The lowest BCUT2D eigenvalue weighted by molar-refractivity contribution is 0.603. The Kier molecular flexibility index (Phi) is 1.77. The van der Waals surface area contributed by atoms with Gasteiger partial charge in [0.05, 0.1) is 11.6 Å². The van der Waals surface area contributed by atoms with Crippen LogP contribution in [-0.2, 0) is 0 Å². The number of fused-ring (bicyclic) bond motifs is 1. The van der Waals surface area contributed by atoms with Crippen molar-refractivity contribution in [2.75, 3.05) is 0 Å². The van der Waals surface area contributed by atoms with Crippen LogP contribution in [0.25, 0.3) is 11.1 Å². The van der Waals surface area contributed by atoms with Crippen molar-refractivity contribution in [2.24, 2.45) is 0 Å². The second-order valence-corrected chi connectivity index (χ2v) is 3.35. The van der Waals surface area contributed by atoms with Crippen LogP contribution in [0.2, 0.25) is 0 Å². The predicted octanol–water partition coefficient (Wildman–Crippen LogP) is 3.13. The predicted molar refractivity (Wildman–Crippen MR) is 48.3 cm³/mol. The first-order chi connectivity index (χ1) is 5.77. The van der Waals surface area contributed by atoms with E-state index in [1.54, 1.807) is 12.5 Å². The molecule has 0 radical (unpaired) electrons. The van der Waals surface area contributed by atoms with Crippen molar-refractivity contribution in [2.45, 2.75) is 12.3 Å². The van der Waals surface area contributed by atoms with E-state index in [1.165, 1.54) is 0 Å². The highest BCUT2D eigenvalue weighted by Crippen LogP contribution is 2.22. The van der Waals surface area contributed by atoms with Crippen molar-refractivity contribution in [1.29, 1.82) is 0 Å². The van der Waals surface area contributed by atoms with Crippen LogP contribution < -0.4 is 0 Å². The summed E-state index contributed by atoms with van der Waals surface area (Å²) in [6.07, 6.45) is 3.36. The van der Waals surface area contributed by atoms with Crippen LogP contribution in [0.15, 0.2) is 29.0 Å². The third-order valence-electron chi connectivity index (χ3n) is 1.79. The highest BCUT2D eigenvalue weighted by molar-refractivity contribution is 6.20. The minimum atomic E-state index is -0.00296. The average Bonchev–Trinajstić information content (AvgIpc) is 2.49. The topological polar surface area (TPSA) is 26.0 Å². The first kappa shape index (κ1) is 7.62. The smallest absolute Gasteiger partial charge is 0.225 e. The molecule has 0 aliphatic heterocycles. The van der Waals surface area contributed by atoms with E-state index in [1.807, 2.05) is 19.1 Å². The highest BCUT2D eigenvalue weighted by Gasteiger charge is 2.04. The third kappa shape index (κ3) is 1.18. The zero-order valence-corrected chi connectivity index (χ0v) is 7.38. The lowest BCUT2D eigenvalue weighted by atomic mass is 10.2. The Hall–Kier alpha value is -1.02. The summed E-state index contributed by atoms with van der Waals surface area (Å²) in [4.78, 5) is 4.11. The molecule has 1 atom stereocenters. The number of furan rings is 1. The van der Waals surface area contributed by atoms with Crippen LogP contribution in [0.1, 0.15) is 17.9 Å². The summed E-state index contributed by atoms with van der Waals surface area (Å²) in [7, 11) is 0. The molecule has 0 fully saturated rings. The van der Waals surface area contributed by atoms with Crippen LogP contribution in [0.3, 0.4) is 0 Å². The Morgan fingerprint density at radius 1 is 1.58 bits per heavy atom. The molecular weight excluding hydrogens is 174 g/mol. The van der Waals surface area contributed by atoms with E-state index in [0.29, 0.717) is 5.71 Å². The molecule has 0 saturated carbocycles. The van der Waals surface area contributed by atoms with E-state index < -0.39 is 0 Å². The van der Waals surface area contributed by atoms with Crippen LogP contribution in [-0.4, -0.2) is 4.98 Å². The average molecular weight is 182 g/mol. The Morgan fingerprint density at radius 3 is 3.17 bits per heavy atom. The summed E-state index contributed by atoms with van der Waals surface area (Å²) in [5, 5.41) is 0.997. The van der Waals surface area contributed by atoms with E-state index >= 15 is 0 Å². The van der Waals surface area contributed by atoms with Crippen LogP contribution in [0, 0.1) is 0 Å². The van der Waals surface area contributed by atoms with Gasteiger partial charge in [-0.1, -0.05) is 0 Å². The number of nitrogens with zero attached hydrogens (tertiary/aromatic N) is 1. The maximum atomic E-state index is 5.90. The van der Waals surface area contributed by atoms with Crippen molar-refractivity contribution in [3.8, 4) is 0 Å². The molecular formula is C9H8ClNO. The monoisotopic (exact) mass is 181 g/mol. The second kappa shape index (κ2) is 2.79. The summed E-state index contributed by atoms with van der Waals surface area (Å²) < 4.78 is 5.10. The maximum Gasteiger partial charge on any atom is 0.225 e. The van der Waals surface area contributed by atoms with Gasteiger partial charge in [-0.3, -0.25) is 0 Å². The number of hydrogen-bond acceptors (Lipinski definition) is 2. The number of rotatable bonds is 1. The van der Waals surface area contributed by atoms with Gasteiger partial charge in [0.1, 0.15) is 0 Å².